The van der Waals surface area contributed by atoms with E-state index in [0.717, 1.165) is 21.7 Å². The fourth-order valence-electron chi connectivity index (χ4n) is 3.33. The van der Waals surface area contributed by atoms with Crippen LogP contribution in [0.1, 0.15) is 23.6 Å². The van der Waals surface area contributed by atoms with Gasteiger partial charge in [-0.25, -0.2) is 13.6 Å². The highest BCUT2D eigenvalue weighted by Gasteiger charge is 2.31. The van der Waals surface area contributed by atoms with Gasteiger partial charge in [-0.05, 0) is 62.6 Å². The molecule has 1 heterocycles. The van der Waals surface area contributed by atoms with Gasteiger partial charge in [0, 0.05) is 16.6 Å². The Morgan fingerprint density at radius 3 is 2.62 bits per heavy atom. The normalized spacial score (nSPS) is 16.6. The highest BCUT2D eigenvalue weighted by atomic mass is 32.2. The first-order chi connectivity index (χ1) is 12.2. The van der Waals surface area contributed by atoms with Crippen LogP contribution in [-0.2, 0) is 21.2 Å². The van der Waals surface area contributed by atoms with Crippen molar-refractivity contribution in [2.24, 2.45) is 5.14 Å². The molecule has 0 bridgehead atoms. The van der Waals surface area contributed by atoms with Crippen LogP contribution in [0.3, 0.4) is 0 Å². The molecule has 0 aliphatic carbocycles. The standard InChI is InChI=1S/C19H22N2O3S2/c1-12-4-7-18(13(2)8-12)25-11-19(22)21-14(3)9-15-10-16(26(20,23)24)5-6-17(15)21/h4-8,10,14H,9,11H2,1-3H3,(H2,20,23,24). The number of nitrogens with zero attached hydrogens (tertiary/aromatic N) is 1. The molecule has 1 unspecified atom stereocenters. The lowest BCUT2D eigenvalue weighted by atomic mass is 10.1. The monoisotopic (exact) mass is 390 g/mol. The molecule has 7 heteroatoms. The number of anilines is 1. The number of amides is 1. The number of fused-ring (bicyclic) bond motifs is 1. The number of aryl methyl sites for hydroxylation is 2. The first-order valence-electron chi connectivity index (χ1n) is 8.34. The van der Waals surface area contributed by atoms with Gasteiger partial charge in [0.2, 0.25) is 15.9 Å². The van der Waals surface area contributed by atoms with E-state index in [2.05, 4.69) is 6.07 Å². The zero-order valence-electron chi connectivity index (χ0n) is 15.0. The summed E-state index contributed by atoms with van der Waals surface area (Å²) in [7, 11) is -3.74. The van der Waals surface area contributed by atoms with E-state index in [9.17, 15) is 13.2 Å². The Morgan fingerprint density at radius 1 is 1.23 bits per heavy atom. The summed E-state index contributed by atoms with van der Waals surface area (Å²) in [5.41, 5.74) is 3.98. The van der Waals surface area contributed by atoms with Crippen molar-refractivity contribution in [2.75, 3.05) is 10.7 Å². The summed E-state index contributed by atoms with van der Waals surface area (Å²) in [5, 5.41) is 5.21. The van der Waals surface area contributed by atoms with Crippen molar-refractivity contribution in [1.82, 2.24) is 0 Å². The van der Waals surface area contributed by atoms with Crippen LogP contribution in [0, 0.1) is 13.8 Å². The van der Waals surface area contributed by atoms with Crippen LogP contribution >= 0.6 is 11.8 Å². The highest BCUT2D eigenvalue weighted by molar-refractivity contribution is 8.00. The number of thioether (sulfide) groups is 1. The zero-order valence-corrected chi connectivity index (χ0v) is 16.7. The van der Waals surface area contributed by atoms with Crippen molar-refractivity contribution in [3.8, 4) is 0 Å². The van der Waals surface area contributed by atoms with Crippen LogP contribution in [0.25, 0.3) is 0 Å². The molecular formula is C19H22N2O3S2. The van der Waals surface area contributed by atoms with Gasteiger partial charge < -0.3 is 4.90 Å². The maximum absolute atomic E-state index is 12.8. The number of benzene rings is 2. The second kappa shape index (κ2) is 7.06. The van der Waals surface area contributed by atoms with Crippen LogP contribution in [0.4, 0.5) is 5.69 Å². The van der Waals surface area contributed by atoms with E-state index in [0.29, 0.717) is 12.2 Å². The molecule has 5 nitrogen and oxygen atoms in total. The van der Waals surface area contributed by atoms with Crippen LogP contribution in [0.2, 0.25) is 0 Å². The first-order valence-corrected chi connectivity index (χ1v) is 10.9. The molecule has 138 valence electrons. The minimum atomic E-state index is -3.74. The zero-order chi connectivity index (χ0) is 19.1. The van der Waals surface area contributed by atoms with E-state index in [1.807, 2.05) is 32.9 Å². The van der Waals surface area contributed by atoms with Gasteiger partial charge in [-0.1, -0.05) is 17.7 Å². The highest BCUT2D eigenvalue weighted by Crippen LogP contribution is 2.35. The van der Waals surface area contributed by atoms with E-state index in [-0.39, 0.29) is 16.8 Å². The number of carbonyl (C=O) groups is 1. The SMILES string of the molecule is Cc1ccc(SCC(=O)N2c3ccc(S(N)(=O)=O)cc3CC2C)c(C)c1. The number of primary sulfonamides is 1. The second-order valence-corrected chi connectivity index (χ2v) is 9.29. The summed E-state index contributed by atoms with van der Waals surface area (Å²) < 4.78 is 23.1. The predicted octanol–water partition coefficient (Wildman–Crippen LogP) is 3.02. The molecule has 26 heavy (non-hydrogen) atoms. The lowest BCUT2D eigenvalue weighted by Crippen LogP contribution is -2.37. The smallest absolute Gasteiger partial charge is 0.238 e. The van der Waals surface area contributed by atoms with E-state index in [1.165, 1.54) is 23.4 Å². The van der Waals surface area contributed by atoms with Gasteiger partial charge in [-0.2, -0.15) is 0 Å². The third kappa shape index (κ3) is 3.79. The van der Waals surface area contributed by atoms with Crippen molar-refractivity contribution < 1.29 is 13.2 Å². The van der Waals surface area contributed by atoms with Crippen molar-refractivity contribution in [3.05, 3.63) is 53.1 Å². The minimum absolute atomic E-state index is 0.00653. The molecule has 2 N–H and O–H groups in total. The van der Waals surface area contributed by atoms with Crippen LogP contribution in [-0.4, -0.2) is 26.1 Å². The van der Waals surface area contributed by atoms with Gasteiger partial charge in [-0.15, -0.1) is 11.8 Å². The fourth-order valence-corrected chi connectivity index (χ4v) is 4.77. The molecule has 1 aliphatic heterocycles. The lowest BCUT2D eigenvalue weighted by molar-refractivity contribution is -0.116. The summed E-state index contributed by atoms with van der Waals surface area (Å²) in [6.45, 7) is 6.06. The Labute approximate surface area is 158 Å². The molecule has 0 radical (unpaired) electrons. The van der Waals surface area contributed by atoms with Crippen LogP contribution < -0.4 is 10.0 Å². The number of hydrogen-bond acceptors (Lipinski definition) is 4. The first kappa shape index (κ1) is 18.9. The Morgan fingerprint density at radius 2 is 1.96 bits per heavy atom. The average molecular weight is 391 g/mol. The van der Waals surface area contributed by atoms with Crippen molar-refractivity contribution in [2.45, 2.75) is 43.0 Å². The fraction of sp³-hybridized carbons (Fsp3) is 0.316. The number of rotatable bonds is 4. The Kier molecular flexibility index (Phi) is 5.14. The number of sulfonamides is 1. The van der Waals surface area contributed by atoms with Crippen molar-refractivity contribution in [3.63, 3.8) is 0 Å². The van der Waals surface area contributed by atoms with Gasteiger partial charge in [0.1, 0.15) is 0 Å². The van der Waals surface area contributed by atoms with Gasteiger partial charge in [-0.3, -0.25) is 4.79 Å². The Balaban J connectivity index is 1.79. The number of hydrogen-bond donors (Lipinski definition) is 1. The Hall–Kier alpha value is -1.83. The molecular weight excluding hydrogens is 368 g/mol. The summed E-state index contributed by atoms with van der Waals surface area (Å²) >= 11 is 1.53. The topological polar surface area (TPSA) is 80.5 Å². The minimum Gasteiger partial charge on any atom is -0.308 e. The van der Waals surface area contributed by atoms with E-state index >= 15 is 0 Å². The van der Waals surface area contributed by atoms with Gasteiger partial charge in [0.15, 0.2) is 0 Å². The molecule has 1 aliphatic rings. The lowest BCUT2D eigenvalue weighted by Gasteiger charge is -2.23. The van der Waals surface area contributed by atoms with Crippen LogP contribution in [0.5, 0.6) is 0 Å². The van der Waals surface area contributed by atoms with Gasteiger partial charge >= 0.3 is 0 Å². The summed E-state index contributed by atoms with van der Waals surface area (Å²) in [5.74, 6) is 0.356. The maximum atomic E-state index is 12.8. The second-order valence-electron chi connectivity index (χ2n) is 6.71. The third-order valence-electron chi connectivity index (χ3n) is 4.55. The molecule has 2 aromatic carbocycles. The van der Waals surface area contributed by atoms with Gasteiger partial charge in [0.05, 0.1) is 10.6 Å². The quantitative estimate of drug-likeness (QED) is 0.814. The van der Waals surface area contributed by atoms with E-state index < -0.39 is 10.0 Å². The van der Waals surface area contributed by atoms with Crippen molar-refractivity contribution in [1.29, 1.82) is 0 Å². The molecule has 2 aromatic rings. The molecule has 0 spiro atoms. The molecule has 0 fully saturated rings. The predicted molar refractivity (Wildman–Crippen MR) is 105 cm³/mol. The summed E-state index contributed by atoms with van der Waals surface area (Å²) in [6, 6.07) is 10.9. The number of nitrogens with two attached hydrogens (primary N) is 1. The average Bonchev–Trinajstić information content (AvgIpc) is 2.88. The molecule has 3 rings (SSSR count). The molecule has 0 saturated carbocycles. The van der Waals surface area contributed by atoms with Gasteiger partial charge in [0.25, 0.3) is 0 Å². The van der Waals surface area contributed by atoms with Crippen molar-refractivity contribution >= 4 is 33.4 Å². The summed E-state index contributed by atoms with van der Waals surface area (Å²) in [6.07, 6.45) is 0.624. The largest absolute Gasteiger partial charge is 0.308 e. The Bertz CT molecular complexity index is 971. The molecule has 0 aromatic heterocycles. The van der Waals surface area contributed by atoms with Crippen LogP contribution in [0.15, 0.2) is 46.2 Å². The number of carbonyl (C=O) groups excluding carboxylic acids is 1. The molecule has 1 atom stereocenters. The molecule has 0 saturated heterocycles. The van der Waals surface area contributed by atoms with E-state index in [4.69, 9.17) is 5.14 Å². The maximum Gasteiger partial charge on any atom is 0.238 e. The summed E-state index contributed by atoms with van der Waals surface area (Å²) in [4.78, 5) is 15.8. The third-order valence-corrected chi connectivity index (χ3v) is 6.62. The molecule has 1 amide bonds. The van der Waals surface area contributed by atoms with E-state index in [1.54, 1.807) is 17.0 Å².